The Labute approximate surface area is 87.3 Å². The van der Waals surface area contributed by atoms with Gasteiger partial charge in [0.2, 0.25) is 0 Å². The maximum Gasteiger partial charge on any atom is 0.0650 e. The number of rotatable bonds is 4. The van der Waals surface area contributed by atoms with Crippen LogP contribution in [0.3, 0.4) is 0 Å². The van der Waals surface area contributed by atoms with Gasteiger partial charge in [-0.05, 0) is 51.6 Å². The SMILES string of the molecule is CCN1CCCCC1CCC1(O)CC1. The lowest BCUT2D eigenvalue weighted by Crippen LogP contribution is -2.39. The van der Waals surface area contributed by atoms with Crippen LogP contribution >= 0.6 is 0 Å². The molecule has 0 spiro atoms. The quantitative estimate of drug-likeness (QED) is 0.746. The monoisotopic (exact) mass is 197 g/mol. The van der Waals surface area contributed by atoms with Gasteiger partial charge in [0.1, 0.15) is 0 Å². The van der Waals surface area contributed by atoms with Gasteiger partial charge in [0.15, 0.2) is 0 Å². The molecule has 1 N–H and O–H groups in total. The lowest BCUT2D eigenvalue weighted by molar-refractivity contribution is 0.0984. The normalized spacial score (nSPS) is 31.7. The molecule has 2 nitrogen and oxygen atoms in total. The molecule has 1 saturated heterocycles. The Morgan fingerprint density at radius 3 is 2.79 bits per heavy atom. The van der Waals surface area contributed by atoms with Gasteiger partial charge in [-0.1, -0.05) is 13.3 Å². The van der Waals surface area contributed by atoms with Gasteiger partial charge in [0, 0.05) is 6.04 Å². The molecule has 14 heavy (non-hydrogen) atoms. The third-order valence-electron chi connectivity index (χ3n) is 3.93. The second-order valence-corrected chi connectivity index (χ2v) is 5.04. The number of nitrogens with zero attached hydrogens (tertiary/aromatic N) is 1. The van der Waals surface area contributed by atoms with Crippen LogP contribution in [0.4, 0.5) is 0 Å². The fourth-order valence-electron chi connectivity index (χ4n) is 2.63. The molecular formula is C12H23NO. The maximum absolute atomic E-state index is 9.80. The van der Waals surface area contributed by atoms with E-state index in [9.17, 15) is 5.11 Å². The van der Waals surface area contributed by atoms with E-state index in [0.29, 0.717) is 0 Å². The number of hydrogen-bond donors (Lipinski definition) is 1. The average molecular weight is 197 g/mol. The number of aliphatic hydroxyl groups is 1. The van der Waals surface area contributed by atoms with Gasteiger partial charge in [-0.15, -0.1) is 0 Å². The van der Waals surface area contributed by atoms with Gasteiger partial charge < -0.3 is 10.0 Å². The lowest BCUT2D eigenvalue weighted by Gasteiger charge is -2.35. The van der Waals surface area contributed by atoms with Crippen LogP contribution in [0.25, 0.3) is 0 Å². The van der Waals surface area contributed by atoms with Crippen molar-refractivity contribution >= 4 is 0 Å². The van der Waals surface area contributed by atoms with Crippen molar-refractivity contribution in [3.63, 3.8) is 0 Å². The van der Waals surface area contributed by atoms with Crippen LogP contribution in [0.2, 0.25) is 0 Å². The first-order chi connectivity index (χ1) is 6.73. The molecule has 1 aliphatic carbocycles. The first kappa shape index (κ1) is 10.4. The van der Waals surface area contributed by atoms with Gasteiger partial charge >= 0.3 is 0 Å². The summed E-state index contributed by atoms with van der Waals surface area (Å²) < 4.78 is 0. The Kier molecular flexibility index (Phi) is 3.13. The predicted octanol–water partition coefficient (Wildman–Crippen LogP) is 2.17. The molecule has 2 aliphatic rings. The van der Waals surface area contributed by atoms with E-state index in [-0.39, 0.29) is 5.60 Å². The molecule has 82 valence electrons. The molecule has 1 heterocycles. The highest BCUT2D eigenvalue weighted by atomic mass is 16.3. The van der Waals surface area contributed by atoms with Crippen molar-refractivity contribution in [1.29, 1.82) is 0 Å². The molecule has 1 atom stereocenters. The minimum absolute atomic E-state index is 0.239. The highest BCUT2D eigenvalue weighted by molar-refractivity contribution is 4.94. The molecule has 0 aromatic heterocycles. The summed E-state index contributed by atoms with van der Waals surface area (Å²) >= 11 is 0. The van der Waals surface area contributed by atoms with Crippen molar-refractivity contribution in [1.82, 2.24) is 4.90 Å². The van der Waals surface area contributed by atoms with E-state index in [0.717, 1.165) is 25.3 Å². The summed E-state index contributed by atoms with van der Waals surface area (Å²) in [6.07, 6.45) is 8.45. The van der Waals surface area contributed by atoms with Crippen LogP contribution in [0.5, 0.6) is 0 Å². The molecule has 1 aliphatic heterocycles. The van der Waals surface area contributed by atoms with E-state index in [1.165, 1.54) is 38.8 Å². The Balaban J connectivity index is 1.76. The second kappa shape index (κ2) is 4.19. The number of hydrogen-bond acceptors (Lipinski definition) is 2. The van der Waals surface area contributed by atoms with Crippen molar-refractivity contribution in [2.75, 3.05) is 13.1 Å². The molecular weight excluding hydrogens is 174 g/mol. The highest BCUT2D eigenvalue weighted by Crippen LogP contribution is 2.40. The maximum atomic E-state index is 9.80. The van der Waals surface area contributed by atoms with E-state index in [1.807, 2.05) is 0 Å². The molecule has 0 aromatic carbocycles. The molecule has 0 amide bonds. The highest BCUT2D eigenvalue weighted by Gasteiger charge is 2.40. The zero-order valence-corrected chi connectivity index (χ0v) is 9.34. The lowest BCUT2D eigenvalue weighted by atomic mass is 9.96. The van der Waals surface area contributed by atoms with Crippen LogP contribution in [0, 0.1) is 0 Å². The Hall–Kier alpha value is -0.0800. The number of likely N-dealkylation sites (tertiary alicyclic amines) is 1. The molecule has 1 unspecified atom stereocenters. The van der Waals surface area contributed by atoms with E-state index in [1.54, 1.807) is 0 Å². The topological polar surface area (TPSA) is 23.5 Å². The number of piperidine rings is 1. The second-order valence-electron chi connectivity index (χ2n) is 5.04. The van der Waals surface area contributed by atoms with Crippen molar-refractivity contribution in [2.45, 2.75) is 63.5 Å². The van der Waals surface area contributed by atoms with Crippen molar-refractivity contribution in [3.8, 4) is 0 Å². The fourth-order valence-corrected chi connectivity index (χ4v) is 2.63. The minimum atomic E-state index is -0.239. The summed E-state index contributed by atoms with van der Waals surface area (Å²) in [5, 5.41) is 9.80. The van der Waals surface area contributed by atoms with Gasteiger partial charge in [-0.3, -0.25) is 0 Å². The molecule has 0 radical (unpaired) electrons. The Bertz CT molecular complexity index is 189. The first-order valence-electron chi connectivity index (χ1n) is 6.20. The van der Waals surface area contributed by atoms with E-state index >= 15 is 0 Å². The summed E-state index contributed by atoms with van der Waals surface area (Å²) in [7, 11) is 0. The Morgan fingerprint density at radius 1 is 1.36 bits per heavy atom. The first-order valence-corrected chi connectivity index (χ1v) is 6.20. The molecule has 2 heteroatoms. The zero-order valence-electron chi connectivity index (χ0n) is 9.34. The third-order valence-corrected chi connectivity index (χ3v) is 3.93. The van der Waals surface area contributed by atoms with E-state index in [4.69, 9.17) is 0 Å². The van der Waals surface area contributed by atoms with Crippen LogP contribution in [-0.4, -0.2) is 34.7 Å². The van der Waals surface area contributed by atoms with Crippen LogP contribution in [0.1, 0.15) is 51.9 Å². The summed E-state index contributed by atoms with van der Waals surface area (Å²) in [6, 6.07) is 0.762. The van der Waals surface area contributed by atoms with Gasteiger partial charge in [-0.2, -0.15) is 0 Å². The van der Waals surface area contributed by atoms with Gasteiger partial charge in [0.25, 0.3) is 0 Å². The van der Waals surface area contributed by atoms with Crippen molar-refractivity contribution < 1.29 is 5.11 Å². The molecule has 1 saturated carbocycles. The van der Waals surface area contributed by atoms with Crippen molar-refractivity contribution in [2.24, 2.45) is 0 Å². The van der Waals surface area contributed by atoms with E-state index in [2.05, 4.69) is 11.8 Å². The summed E-state index contributed by atoms with van der Waals surface area (Å²) in [6.45, 7) is 4.72. The van der Waals surface area contributed by atoms with Crippen LogP contribution in [-0.2, 0) is 0 Å². The summed E-state index contributed by atoms with van der Waals surface area (Å²) in [4.78, 5) is 2.59. The van der Waals surface area contributed by atoms with Crippen LogP contribution in [0.15, 0.2) is 0 Å². The third kappa shape index (κ3) is 2.48. The van der Waals surface area contributed by atoms with Gasteiger partial charge in [-0.25, -0.2) is 0 Å². The predicted molar refractivity (Wildman–Crippen MR) is 58.3 cm³/mol. The molecule has 2 rings (SSSR count). The molecule has 0 bridgehead atoms. The minimum Gasteiger partial charge on any atom is -0.390 e. The fraction of sp³-hybridized carbons (Fsp3) is 1.00. The van der Waals surface area contributed by atoms with Crippen LogP contribution < -0.4 is 0 Å². The van der Waals surface area contributed by atoms with Crippen molar-refractivity contribution in [3.05, 3.63) is 0 Å². The van der Waals surface area contributed by atoms with Gasteiger partial charge in [0.05, 0.1) is 5.60 Å². The zero-order chi connectivity index (χ0) is 10.0. The largest absolute Gasteiger partial charge is 0.390 e. The summed E-state index contributed by atoms with van der Waals surface area (Å²) in [5.41, 5.74) is -0.239. The average Bonchev–Trinajstić information content (AvgIpc) is 2.95. The van der Waals surface area contributed by atoms with E-state index < -0.39 is 0 Å². The molecule has 2 fully saturated rings. The molecule has 0 aromatic rings. The summed E-state index contributed by atoms with van der Waals surface area (Å²) in [5.74, 6) is 0. The smallest absolute Gasteiger partial charge is 0.0650 e. The standard InChI is InChI=1S/C12H23NO/c1-2-13-10-4-3-5-11(13)6-7-12(14)8-9-12/h11,14H,2-10H2,1H3. The Morgan fingerprint density at radius 2 is 2.14 bits per heavy atom.